The lowest BCUT2D eigenvalue weighted by atomic mass is 9.92. The van der Waals surface area contributed by atoms with Crippen LogP contribution in [0.4, 0.5) is 0 Å². The van der Waals surface area contributed by atoms with Crippen LogP contribution in [-0.2, 0) is 14.6 Å². The first-order valence-electron chi connectivity index (χ1n) is 12.4. The number of methoxy groups -OCH3 is 1. The molecule has 0 radical (unpaired) electrons. The van der Waals surface area contributed by atoms with Crippen LogP contribution >= 0.6 is 0 Å². The summed E-state index contributed by atoms with van der Waals surface area (Å²) in [6.45, 7) is 1.29. The molecular formula is C25H38N2O4S. The number of likely N-dealkylation sites (tertiary alicyclic amines) is 1. The number of benzene rings is 1. The summed E-state index contributed by atoms with van der Waals surface area (Å²) < 4.78 is 29.8. The monoisotopic (exact) mass is 462 g/mol. The highest BCUT2D eigenvalue weighted by Crippen LogP contribution is 2.33. The van der Waals surface area contributed by atoms with Crippen LogP contribution in [0.15, 0.2) is 24.3 Å². The summed E-state index contributed by atoms with van der Waals surface area (Å²) in [7, 11) is -1.36. The zero-order valence-corrected chi connectivity index (χ0v) is 20.2. The maximum atomic E-state index is 13.8. The third-order valence-corrected chi connectivity index (χ3v) is 9.31. The standard InChI is InChI=1S/C25H38N2O4S/c1-31-23-13-11-20(12-14-23)24-10-6-3-7-16-26(24)18-25(28)27(21-8-4-2-5-9-21)22-15-17-32(29,30)19-22/h11-14,21-22,24H,2-10,15-19H2,1H3. The maximum absolute atomic E-state index is 13.8. The average molecular weight is 463 g/mol. The van der Waals surface area contributed by atoms with Crippen molar-refractivity contribution in [2.75, 3.05) is 31.7 Å². The molecule has 0 spiro atoms. The Bertz CT molecular complexity index is 864. The van der Waals surface area contributed by atoms with Crippen LogP contribution < -0.4 is 4.74 Å². The smallest absolute Gasteiger partial charge is 0.237 e. The number of amides is 1. The zero-order chi connectivity index (χ0) is 22.6. The van der Waals surface area contributed by atoms with Gasteiger partial charge >= 0.3 is 0 Å². The molecule has 6 nitrogen and oxygen atoms in total. The zero-order valence-electron chi connectivity index (χ0n) is 19.4. The van der Waals surface area contributed by atoms with Crippen LogP contribution in [0.1, 0.15) is 75.8 Å². The van der Waals surface area contributed by atoms with Crippen LogP contribution in [0.2, 0.25) is 0 Å². The van der Waals surface area contributed by atoms with Crippen molar-refractivity contribution in [1.82, 2.24) is 9.80 Å². The molecule has 1 saturated carbocycles. The van der Waals surface area contributed by atoms with Crippen molar-refractivity contribution in [2.24, 2.45) is 0 Å². The van der Waals surface area contributed by atoms with E-state index in [4.69, 9.17) is 4.74 Å². The molecule has 178 valence electrons. The largest absolute Gasteiger partial charge is 0.497 e. The second-order valence-electron chi connectivity index (χ2n) is 9.76. The second kappa shape index (κ2) is 10.6. The van der Waals surface area contributed by atoms with E-state index in [1.165, 1.54) is 18.4 Å². The van der Waals surface area contributed by atoms with Crippen LogP contribution in [-0.4, -0.2) is 67.9 Å². The molecule has 2 atom stereocenters. The van der Waals surface area contributed by atoms with E-state index in [0.29, 0.717) is 13.0 Å². The minimum absolute atomic E-state index is 0.124. The summed E-state index contributed by atoms with van der Waals surface area (Å²) in [5.74, 6) is 1.32. The van der Waals surface area contributed by atoms with Crippen molar-refractivity contribution in [3.05, 3.63) is 29.8 Å². The molecule has 2 aliphatic heterocycles. The van der Waals surface area contributed by atoms with Gasteiger partial charge in [-0.25, -0.2) is 8.42 Å². The van der Waals surface area contributed by atoms with E-state index < -0.39 is 9.84 Å². The van der Waals surface area contributed by atoms with Gasteiger partial charge < -0.3 is 9.64 Å². The number of sulfone groups is 1. The van der Waals surface area contributed by atoms with Crippen molar-refractivity contribution >= 4 is 15.7 Å². The average Bonchev–Trinajstić information content (AvgIpc) is 3.00. The second-order valence-corrected chi connectivity index (χ2v) is 12.0. The Kier molecular flexibility index (Phi) is 7.77. The molecule has 0 N–H and O–H groups in total. The minimum atomic E-state index is -3.03. The van der Waals surface area contributed by atoms with Gasteiger partial charge in [-0.05, 0) is 56.3 Å². The fraction of sp³-hybridized carbons (Fsp3) is 0.720. The molecular weight excluding hydrogens is 424 g/mol. The van der Waals surface area contributed by atoms with Gasteiger partial charge in [0.15, 0.2) is 9.84 Å². The van der Waals surface area contributed by atoms with Gasteiger partial charge in [0.05, 0.1) is 25.2 Å². The lowest BCUT2D eigenvalue weighted by Gasteiger charge is -2.40. The van der Waals surface area contributed by atoms with Crippen LogP contribution in [0, 0.1) is 0 Å². The van der Waals surface area contributed by atoms with Gasteiger partial charge in [0.1, 0.15) is 5.75 Å². The summed E-state index contributed by atoms with van der Waals surface area (Å²) in [5, 5.41) is 0. The van der Waals surface area contributed by atoms with E-state index in [9.17, 15) is 13.2 Å². The summed E-state index contributed by atoms with van der Waals surface area (Å²) >= 11 is 0. The van der Waals surface area contributed by atoms with Crippen molar-refractivity contribution in [2.45, 2.75) is 82.3 Å². The molecule has 1 amide bonds. The SMILES string of the molecule is COc1ccc(C2CCCCCN2CC(=O)N(C2CCCCC2)C2CCS(=O)(=O)C2)cc1. The van der Waals surface area contributed by atoms with Gasteiger partial charge in [0.25, 0.3) is 0 Å². The molecule has 2 saturated heterocycles. The number of hydrogen-bond acceptors (Lipinski definition) is 5. The molecule has 0 aromatic heterocycles. The predicted octanol–water partition coefficient (Wildman–Crippen LogP) is 3.96. The lowest BCUT2D eigenvalue weighted by molar-refractivity contribution is -0.138. The molecule has 3 aliphatic rings. The van der Waals surface area contributed by atoms with Crippen molar-refractivity contribution in [3.63, 3.8) is 0 Å². The molecule has 4 rings (SSSR count). The van der Waals surface area contributed by atoms with E-state index in [1.807, 2.05) is 17.0 Å². The van der Waals surface area contributed by atoms with Gasteiger partial charge in [-0.1, -0.05) is 44.2 Å². The first-order valence-corrected chi connectivity index (χ1v) is 14.2. The third kappa shape index (κ3) is 5.66. The summed E-state index contributed by atoms with van der Waals surface area (Å²) in [5.41, 5.74) is 1.23. The molecule has 7 heteroatoms. The molecule has 2 heterocycles. The van der Waals surface area contributed by atoms with Crippen molar-refractivity contribution < 1.29 is 17.9 Å². The number of ether oxygens (including phenoxy) is 1. The van der Waals surface area contributed by atoms with Gasteiger partial charge in [0.2, 0.25) is 5.91 Å². The van der Waals surface area contributed by atoms with Crippen molar-refractivity contribution in [3.8, 4) is 5.75 Å². The molecule has 1 aromatic carbocycles. The number of nitrogens with zero attached hydrogens (tertiary/aromatic N) is 2. The Balaban J connectivity index is 1.53. The van der Waals surface area contributed by atoms with E-state index in [0.717, 1.165) is 57.2 Å². The summed E-state index contributed by atoms with van der Waals surface area (Å²) in [6.07, 6.45) is 10.6. The van der Waals surface area contributed by atoms with Gasteiger partial charge in [-0.2, -0.15) is 0 Å². The molecule has 32 heavy (non-hydrogen) atoms. The third-order valence-electron chi connectivity index (χ3n) is 7.56. The highest BCUT2D eigenvalue weighted by Gasteiger charge is 2.39. The molecule has 2 unspecified atom stereocenters. The van der Waals surface area contributed by atoms with Crippen LogP contribution in [0.3, 0.4) is 0 Å². The topological polar surface area (TPSA) is 66.9 Å². The van der Waals surface area contributed by atoms with Gasteiger partial charge in [0, 0.05) is 18.1 Å². The predicted molar refractivity (Wildman–Crippen MR) is 127 cm³/mol. The fourth-order valence-electron chi connectivity index (χ4n) is 5.88. The molecule has 1 aliphatic carbocycles. The quantitative estimate of drug-likeness (QED) is 0.640. The Morgan fingerprint density at radius 3 is 2.31 bits per heavy atom. The number of carbonyl (C=O) groups is 1. The Labute approximate surface area is 193 Å². The van der Waals surface area contributed by atoms with E-state index >= 15 is 0 Å². The number of carbonyl (C=O) groups excluding carboxylic acids is 1. The first-order chi connectivity index (χ1) is 15.5. The number of hydrogen-bond donors (Lipinski definition) is 0. The summed E-state index contributed by atoms with van der Waals surface area (Å²) in [6, 6.07) is 8.50. The van der Waals surface area contributed by atoms with E-state index in [1.54, 1.807) is 7.11 Å². The summed E-state index contributed by atoms with van der Waals surface area (Å²) in [4.78, 5) is 18.1. The Morgan fingerprint density at radius 2 is 1.66 bits per heavy atom. The highest BCUT2D eigenvalue weighted by atomic mass is 32.2. The van der Waals surface area contributed by atoms with E-state index in [-0.39, 0.29) is 35.5 Å². The molecule has 1 aromatic rings. The van der Waals surface area contributed by atoms with Crippen LogP contribution in [0.25, 0.3) is 0 Å². The Morgan fingerprint density at radius 1 is 0.969 bits per heavy atom. The molecule has 0 bridgehead atoms. The Hall–Kier alpha value is -1.60. The van der Waals surface area contributed by atoms with Crippen molar-refractivity contribution in [1.29, 1.82) is 0 Å². The first kappa shape index (κ1) is 23.6. The maximum Gasteiger partial charge on any atom is 0.237 e. The highest BCUT2D eigenvalue weighted by molar-refractivity contribution is 7.91. The number of rotatable bonds is 6. The normalized spacial score (nSPS) is 27.0. The van der Waals surface area contributed by atoms with E-state index in [2.05, 4.69) is 17.0 Å². The molecule has 3 fully saturated rings. The van der Waals surface area contributed by atoms with Gasteiger partial charge in [-0.15, -0.1) is 0 Å². The lowest BCUT2D eigenvalue weighted by Crippen LogP contribution is -2.52. The van der Waals surface area contributed by atoms with Crippen LogP contribution in [0.5, 0.6) is 5.75 Å². The minimum Gasteiger partial charge on any atom is -0.497 e. The fourth-order valence-corrected chi connectivity index (χ4v) is 7.59. The van der Waals surface area contributed by atoms with Gasteiger partial charge in [-0.3, -0.25) is 9.69 Å².